The van der Waals surface area contributed by atoms with Gasteiger partial charge in [0.1, 0.15) is 0 Å². The van der Waals surface area contributed by atoms with Crippen molar-refractivity contribution in [2.45, 2.75) is 51.7 Å². The molecule has 0 spiro atoms. The summed E-state index contributed by atoms with van der Waals surface area (Å²) in [6.07, 6.45) is 3.49. The highest BCUT2D eigenvalue weighted by Crippen LogP contribution is 2.35. The fourth-order valence-corrected chi connectivity index (χ4v) is 3.84. The molecule has 4 heteroatoms. The molecule has 1 saturated carbocycles. The van der Waals surface area contributed by atoms with Crippen molar-refractivity contribution in [3.8, 4) is 0 Å². The van der Waals surface area contributed by atoms with Gasteiger partial charge in [-0.05, 0) is 51.0 Å². The van der Waals surface area contributed by atoms with Crippen LogP contribution >= 0.6 is 0 Å². The molecule has 1 aromatic carbocycles. The molecule has 1 amide bonds. The molecule has 1 aliphatic heterocycles. The van der Waals surface area contributed by atoms with Gasteiger partial charge in [0.05, 0.1) is 18.8 Å². The SMILES string of the molecule is Cc1ccc([C@H](C)N2CC(C3CCC(O)CC3)COC2=O)cc1. The van der Waals surface area contributed by atoms with Crippen LogP contribution in [0.4, 0.5) is 4.79 Å². The normalized spacial score (nSPS) is 30.0. The van der Waals surface area contributed by atoms with Crippen molar-refractivity contribution in [2.24, 2.45) is 11.8 Å². The van der Waals surface area contributed by atoms with Crippen LogP contribution < -0.4 is 0 Å². The number of aryl methyl sites for hydroxylation is 1. The Bertz CT molecular complexity index is 534. The summed E-state index contributed by atoms with van der Waals surface area (Å²) in [6.45, 7) is 5.42. The number of aliphatic hydroxyl groups is 1. The van der Waals surface area contributed by atoms with E-state index in [2.05, 4.69) is 38.1 Å². The van der Waals surface area contributed by atoms with E-state index in [1.165, 1.54) is 5.56 Å². The Kier molecular flexibility index (Phi) is 4.90. The number of amides is 1. The van der Waals surface area contributed by atoms with Crippen LogP contribution in [-0.2, 0) is 4.74 Å². The summed E-state index contributed by atoms with van der Waals surface area (Å²) in [7, 11) is 0. The molecule has 126 valence electrons. The van der Waals surface area contributed by atoms with Crippen molar-refractivity contribution in [3.63, 3.8) is 0 Å². The third-order valence-corrected chi connectivity index (χ3v) is 5.52. The van der Waals surface area contributed by atoms with E-state index < -0.39 is 0 Å². The average molecular weight is 317 g/mol. The second-order valence-corrected chi connectivity index (χ2v) is 7.14. The van der Waals surface area contributed by atoms with E-state index >= 15 is 0 Å². The summed E-state index contributed by atoms with van der Waals surface area (Å²) in [6, 6.07) is 8.38. The Morgan fingerprint density at radius 1 is 1.13 bits per heavy atom. The van der Waals surface area contributed by atoms with Crippen LogP contribution in [-0.4, -0.2) is 35.4 Å². The van der Waals surface area contributed by atoms with E-state index in [9.17, 15) is 9.90 Å². The second-order valence-electron chi connectivity index (χ2n) is 7.14. The van der Waals surface area contributed by atoms with Crippen molar-refractivity contribution >= 4 is 6.09 Å². The van der Waals surface area contributed by atoms with Crippen molar-refractivity contribution in [1.29, 1.82) is 0 Å². The van der Waals surface area contributed by atoms with Gasteiger partial charge in [-0.1, -0.05) is 29.8 Å². The lowest BCUT2D eigenvalue weighted by molar-refractivity contribution is -0.00432. The first-order valence-corrected chi connectivity index (χ1v) is 8.72. The van der Waals surface area contributed by atoms with Crippen LogP contribution in [0.5, 0.6) is 0 Å². The zero-order chi connectivity index (χ0) is 16.4. The van der Waals surface area contributed by atoms with Gasteiger partial charge in [0.2, 0.25) is 0 Å². The van der Waals surface area contributed by atoms with Gasteiger partial charge in [-0.2, -0.15) is 0 Å². The molecule has 23 heavy (non-hydrogen) atoms. The van der Waals surface area contributed by atoms with Crippen LogP contribution in [0.1, 0.15) is 49.8 Å². The van der Waals surface area contributed by atoms with E-state index in [1.807, 2.05) is 4.90 Å². The lowest BCUT2D eigenvalue weighted by Gasteiger charge is -2.40. The molecule has 1 heterocycles. The van der Waals surface area contributed by atoms with Crippen molar-refractivity contribution in [3.05, 3.63) is 35.4 Å². The molecular formula is C19H27NO3. The number of carbonyl (C=O) groups excluding carboxylic acids is 1. The minimum atomic E-state index is -0.204. The van der Waals surface area contributed by atoms with Gasteiger partial charge in [-0.15, -0.1) is 0 Å². The van der Waals surface area contributed by atoms with Crippen LogP contribution in [0.25, 0.3) is 0 Å². The molecule has 2 aliphatic rings. The monoisotopic (exact) mass is 317 g/mol. The molecule has 0 aromatic heterocycles. The predicted molar refractivity (Wildman–Crippen MR) is 89.1 cm³/mol. The molecule has 4 nitrogen and oxygen atoms in total. The molecule has 2 fully saturated rings. The highest BCUT2D eigenvalue weighted by atomic mass is 16.6. The van der Waals surface area contributed by atoms with Crippen molar-refractivity contribution in [2.75, 3.05) is 13.2 Å². The Morgan fingerprint density at radius 2 is 1.78 bits per heavy atom. The number of hydrogen-bond donors (Lipinski definition) is 1. The summed E-state index contributed by atoms with van der Waals surface area (Å²) >= 11 is 0. The fourth-order valence-electron chi connectivity index (χ4n) is 3.84. The number of rotatable bonds is 3. The lowest BCUT2D eigenvalue weighted by Crippen LogP contribution is -2.47. The van der Waals surface area contributed by atoms with Crippen LogP contribution in [0.2, 0.25) is 0 Å². The predicted octanol–water partition coefficient (Wildman–Crippen LogP) is 3.68. The first kappa shape index (κ1) is 16.3. The molecule has 0 bridgehead atoms. The fraction of sp³-hybridized carbons (Fsp3) is 0.632. The molecule has 1 N–H and O–H groups in total. The topological polar surface area (TPSA) is 49.8 Å². The van der Waals surface area contributed by atoms with E-state index in [1.54, 1.807) is 0 Å². The van der Waals surface area contributed by atoms with Crippen LogP contribution in [0, 0.1) is 18.8 Å². The van der Waals surface area contributed by atoms with Crippen LogP contribution in [0.15, 0.2) is 24.3 Å². The number of carbonyl (C=O) groups is 1. The summed E-state index contributed by atoms with van der Waals surface area (Å²) in [5.74, 6) is 0.937. The second kappa shape index (κ2) is 6.91. The first-order valence-electron chi connectivity index (χ1n) is 8.72. The molecule has 2 atom stereocenters. The lowest BCUT2D eigenvalue weighted by atomic mass is 9.78. The maximum absolute atomic E-state index is 12.2. The van der Waals surface area contributed by atoms with E-state index in [-0.39, 0.29) is 18.2 Å². The minimum absolute atomic E-state index is 0.0279. The highest BCUT2D eigenvalue weighted by Gasteiger charge is 2.36. The summed E-state index contributed by atoms with van der Waals surface area (Å²) in [5.41, 5.74) is 2.37. The third kappa shape index (κ3) is 3.69. The Hall–Kier alpha value is -1.55. The average Bonchev–Trinajstić information content (AvgIpc) is 2.56. The van der Waals surface area contributed by atoms with Gasteiger partial charge in [0.15, 0.2) is 0 Å². The third-order valence-electron chi connectivity index (χ3n) is 5.52. The van der Waals surface area contributed by atoms with Gasteiger partial charge >= 0.3 is 6.09 Å². The number of ether oxygens (including phenoxy) is 1. The number of nitrogens with zero attached hydrogens (tertiary/aromatic N) is 1. The van der Waals surface area contributed by atoms with Gasteiger partial charge in [-0.25, -0.2) is 4.79 Å². The highest BCUT2D eigenvalue weighted by molar-refractivity contribution is 5.69. The standard InChI is InChI=1S/C19H27NO3/c1-13-3-5-15(6-4-13)14(2)20-11-17(12-23-19(20)22)16-7-9-18(21)10-8-16/h3-6,14,16-18,21H,7-12H2,1-2H3/t14-,16?,17?,18?/m0/s1. The largest absolute Gasteiger partial charge is 0.449 e. The summed E-state index contributed by atoms with van der Waals surface area (Å²) < 4.78 is 5.47. The summed E-state index contributed by atoms with van der Waals surface area (Å²) in [4.78, 5) is 14.1. The van der Waals surface area contributed by atoms with E-state index in [0.717, 1.165) is 37.8 Å². The Balaban J connectivity index is 1.68. The number of aliphatic hydroxyl groups excluding tert-OH is 1. The molecule has 1 saturated heterocycles. The quantitative estimate of drug-likeness (QED) is 0.925. The van der Waals surface area contributed by atoms with Gasteiger partial charge in [0, 0.05) is 12.5 Å². The molecule has 1 aliphatic carbocycles. The summed E-state index contributed by atoms with van der Waals surface area (Å²) in [5, 5.41) is 9.68. The van der Waals surface area contributed by atoms with E-state index in [4.69, 9.17) is 4.74 Å². The zero-order valence-corrected chi connectivity index (χ0v) is 14.1. The van der Waals surface area contributed by atoms with Gasteiger partial charge in [0.25, 0.3) is 0 Å². The zero-order valence-electron chi connectivity index (χ0n) is 14.1. The smallest absolute Gasteiger partial charge is 0.410 e. The first-order chi connectivity index (χ1) is 11.0. The molecular weight excluding hydrogens is 290 g/mol. The number of cyclic esters (lactones) is 1. The maximum atomic E-state index is 12.2. The van der Waals surface area contributed by atoms with Gasteiger partial charge < -0.3 is 14.7 Å². The Labute approximate surface area is 138 Å². The Morgan fingerprint density at radius 3 is 2.43 bits per heavy atom. The van der Waals surface area contributed by atoms with Crippen molar-refractivity contribution in [1.82, 2.24) is 4.90 Å². The van der Waals surface area contributed by atoms with Crippen LogP contribution in [0.3, 0.4) is 0 Å². The minimum Gasteiger partial charge on any atom is -0.449 e. The molecule has 0 radical (unpaired) electrons. The molecule has 1 aromatic rings. The molecule has 3 rings (SSSR count). The number of hydrogen-bond acceptors (Lipinski definition) is 3. The van der Waals surface area contributed by atoms with Crippen molar-refractivity contribution < 1.29 is 14.6 Å². The molecule has 1 unspecified atom stereocenters. The number of benzene rings is 1. The van der Waals surface area contributed by atoms with E-state index in [0.29, 0.717) is 18.4 Å². The van der Waals surface area contributed by atoms with Gasteiger partial charge in [-0.3, -0.25) is 0 Å². The maximum Gasteiger partial charge on any atom is 0.410 e.